The topological polar surface area (TPSA) is 64.5 Å². The zero-order valence-electron chi connectivity index (χ0n) is 29.7. The van der Waals surface area contributed by atoms with Gasteiger partial charge in [0.2, 0.25) is 0 Å². The van der Waals surface area contributed by atoms with Gasteiger partial charge >= 0.3 is 0 Å². The average Bonchev–Trinajstić information content (AvgIpc) is 3.17. The zero-order chi connectivity index (χ0) is 35.6. The van der Waals surface area contributed by atoms with E-state index in [9.17, 15) is 0 Å². The van der Waals surface area contributed by atoms with Crippen molar-refractivity contribution in [3.63, 3.8) is 0 Å². The summed E-state index contributed by atoms with van der Waals surface area (Å²) in [5, 5.41) is 0. The molecule has 0 aliphatic heterocycles. The van der Waals surface area contributed by atoms with E-state index in [1.54, 1.807) is 0 Å². The van der Waals surface area contributed by atoms with Crippen molar-refractivity contribution in [1.82, 2.24) is 24.9 Å². The number of nitrogens with zero attached hydrogens (tertiary/aromatic N) is 5. The van der Waals surface area contributed by atoms with Gasteiger partial charge in [-0.1, -0.05) is 109 Å². The van der Waals surface area contributed by atoms with Crippen molar-refractivity contribution in [1.29, 1.82) is 0 Å². The molecule has 0 aliphatic rings. The van der Waals surface area contributed by atoms with E-state index in [4.69, 9.17) is 24.9 Å². The van der Waals surface area contributed by atoms with Crippen molar-refractivity contribution < 1.29 is 0 Å². The highest BCUT2D eigenvalue weighted by atomic mass is 14.9. The Morgan fingerprint density at radius 1 is 0.250 bits per heavy atom. The molecule has 0 unspecified atom stereocenters. The van der Waals surface area contributed by atoms with Crippen LogP contribution in [0.5, 0.6) is 0 Å². The fourth-order valence-corrected chi connectivity index (χ4v) is 6.67. The largest absolute Gasteiger partial charge is 0.248 e. The van der Waals surface area contributed by atoms with Gasteiger partial charge in [-0.15, -0.1) is 0 Å². The fourth-order valence-electron chi connectivity index (χ4n) is 6.67. The Balaban J connectivity index is 1.27. The Labute approximate surface area is 304 Å². The van der Waals surface area contributed by atoms with Crippen LogP contribution in [0.2, 0.25) is 0 Å². The zero-order valence-corrected chi connectivity index (χ0v) is 29.7. The molecular weight excluding hydrogens is 635 g/mol. The predicted octanol–water partition coefficient (Wildman–Crippen LogP) is 11.6. The van der Waals surface area contributed by atoms with Gasteiger partial charge in [-0.05, 0) is 104 Å². The van der Waals surface area contributed by atoms with Gasteiger partial charge in [0.1, 0.15) is 0 Å². The van der Waals surface area contributed by atoms with E-state index < -0.39 is 0 Å². The maximum absolute atomic E-state index is 5.14. The van der Waals surface area contributed by atoms with Gasteiger partial charge in [0.15, 0.2) is 11.6 Å². The molecule has 0 aliphatic carbocycles. The van der Waals surface area contributed by atoms with Crippen molar-refractivity contribution in [2.45, 2.75) is 27.7 Å². The molecule has 0 atom stereocenters. The summed E-state index contributed by atoms with van der Waals surface area (Å²) in [5.41, 5.74) is 16.5. The number of hydrogen-bond acceptors (Lipinski definition) is 5. The Morgan fingerprint density at radius 2 is 0.558 bits per heavy atom. The maximum atomic E-state index is 5.14. The molecule has 5 aromatic carbocycles. The molecule has 0 amide bonds. The van der Waals surface area contributed by atoms with Crippen molar-refractivity contribution in [2.75, 3.05) is 0 Å². The molecule has 3 aromatic heterocycles. The molecule has 0 bridgehead atoms. The normalized spacial score (nSPS) is 11.1. The summed E-state index contributed by atoms with van der Waals surface area (Å²) in [4.78, 5) is 23.9. The molecule has 0 radical (unpaired) electrons. The Morgan fingerprint density at radius 3 is 0.923 bits per heavy atom. The minimum absolute atomic E-state index is 0.741. The second-order valence-electron chi connectivity index (χ2n) is 13.3. The molecule has 5 nitrogen and oxygen atoms in total. The minimum Gasteiger partial charge on any atom is -0.248 e. The number of aryl methyl sites for hydroxylation is 4. The molecule has 250 valence electrons. The first-order chi connectivity index (χ1) is 25.3. The van der Waals surface area contributed by atoms with Gasteiger partial charge in [0.05, 0.1) is 11.4 Å². The molecular formula is C47H37N5. The molecule has 8 aromatic rings. The lowest BCUT2D eigenvalue weighted by atomic mass is 9.91. The van der Waals surface area contributed by atoms with Crippen LogP contribution in [0.1, 0.15) is 22.8 Å². The van der Waals surface area contributed by atoms with Crippen LogP contribution in [0.25, 0.3) is 78.7 Å². The summed E-state index contributed by atoms with van der Waals surface area (Å²) in [6.45, 7) is 8.03. The number of aromatic nitrogens is 5. The summed E-state index contributed by atoms with van der Waals surface area (Å²) in [6, 6.07) is 53.1. The van der Waals surface area contributed by atoms with E-state index >= 15 is 0 Å². The van der Waals surface area contributed by atoms with Crippen LogP contribution in [0.3, 0.4) is 0 Å². The van der Waals surface area contributed by atoms with Gasteiger partial charge in [0.25, 0.3) is 0 Å². The summed E-state index contributed by atoms with van der Waals surface area (Å²) < 4.78 is 0. The van der Waals surface area contributed by atoms with Gasteiger partial charge in [-0.3, -0.25) is 0 Å². The van der Waals surface area contributed by atoms with Crippen LogP contribution < -0.4 is 0 Å². The second-order valence-corrected chi connectivity index (χ2v) is 13.3. The van der Waals surface area contributed by atoms with Crippen molar-refractivity contribution in [2.24, 2.45) is 0 Å². The summed E-state index contributed by atoms with van der Waals surface area (Å²) in [7, 11) is 0. The standard InChI is InChI=1S/C47H37N5/c1-30-23-31(2)49-46(48-30)38-19-15-34(16-20-38)40-25-41(35-17-21-39(22-18-35)47-50-32(3)24-33(4)51-47)27-42(26-40)43-28-44(36-11-7-5-8-12-36)52-45(29-43)37-13-9-6-10-14-37/h5-29H,1-4H3. The molecule has 0 N–H and O–H groups in total. The van der Waals surface area contributed by atoms with E-state index in [2.05, 4.69) is 127 Å². The monoisotopic (exact) mass is 671 g/mol. The van der Waals surface area contributed by atoms with Crippen LogP contribution in [-0.2, 0) is 0 Å². The van der Waals surface area contributed by atoms with Crippen LogP contribution >= 0.6 is 0 Å². The SMILES string of the molecule is Cc1cc(C)nc(-c2ccc(-c3cc(-c4ccc(-c5nc(C)cc(C)n5)cc4)cc(-c4cc(-c5ccccc5)nc(-c5ccccc5)c4)c3)cc2)n1. The molecule has 52 heavy (non-hydrogen) atoms. The number of hydrogen-bond donors (Lipinski definition) is 0. The van der Waals surface area contributed by atoms with Crippen LogP contribution in [0, 0.1) is 27.7 Å². The lowest BCUT2D eigenvalue weighted by Crippen LogP contribution is -1.95. The van der Waals surface area contributed by atoms with Gasteiger partial charge in [0, 0.05) is 45.0 Å². The number of rotatable bonds is 7. The quantitative estimate of drug-likeness (QED) is 0.169. The van der Waals surface area contributed by atoms with Gasteiger partial charge < -0.3 is 0 Å². The van der Waals surface area contributed by atoms with Crippen LogP contribution in [0.4, 0.5) is 0 Å². The molecule has 0 spiro atoms. The third kappa shape index (κ3) is 7.03. The highest BCUT2D eigenvalue weighted by Gasteiger charge is 2.14. The summed E-state index contributed by atoms with van der Waals surface area (Å²) in [6.07, 6.45) is 0. The highest BCUT2D eigenvalue weighted by Crippen LogP contribution is 2.37. The molecule has 8 rings (SSSR count). The average molecular weight is 672 g/mol. The van der Waals surface area contributed by atoms with E-state index in [0.717, 1.165) is 101 Å². The Hall–Kier alpha value is -6.59. The lowest BCUT2D eigenvalue weighted by Gasteiger charge is -2.14. The van der Waals surface area contributed by atoms with E-state index in [0.29, 0.717) is 0 Å². The maximum Gasteiger partial charge on any atom is 0.159 e. The van der Waals surface area contributed by atoms with E-state index in [-0.39, 0.29) is 0 Å². The highest BCUT2D eigenvalue weighted by molar-refractivity contribution is 5.85. The Bertz CT molecular complexity index is 2310. The molecule has 3 heterocycles. The smallest absolute Gasteiger partial charge is 0.159 e. The molecule has 0 saturated heterocycles. The third-order valence-corrected chi connectivity index (χ3v) is 9.15. The molecule has 0 fully saturated rings. The number of benzene rings is 5. The third-order valence-electron chi connectivity index (χ3n) is 9.15. The Kier molecular flexibility index (Phi) is 8.76. The second kappa shape index (κ2) is 14.0. The fraction of sp³-hybridized carbons (Fsp3) is 0.0851. The summed E-state index contributed by atoms with van der Waals surface area (Å²) in [5.74, 6) is 1.48. The van der Waals surface area contributed by atoms with Gasteiger partial charge in [-0.25, -0.2) is 24.9 Å². The van der Waals surface area contributed by atoms with Crippen molar-refractivity contribution >= 4 is 0 Å². The first-order valence-electron chi connectivity index (χ1n) is 17.5. The summed E-state index contributed by atoms with van der Waals surface area (Å²) >= 11 is 0. The van der Waals surface area contributed by atoms with Crippen LogP contribution in [0.15, 0.2) is 152 Å². The van der Waals surface area contributed by atoms with Crippen molar-refractivity contribution in [3.05, 3.63) is 174 Å². The van der Waals surface area contributed by atoms with E-state index in [1.165, 1.54) is 0 Å². The minimum atomic E-state index is 0.741. The molecule has 0 saturated carbocycles. The van der Waals surface area contributed by atoms with Gasteiger partial charge in [-0.2, -0.15) is 0 Å². The van der Waals surface area contributed by atoms with E-state index in [1.807, 2.05) is 52.0 Å². The molecule has 5 heteroatoms. The van der Waals surface area contributed by atoms with Crippen molar-refractivity contribution in [3.8, 4) is 78.7 Å². The first-order valence-corrected chi connectivity index (χ1v) is 17.5. The first kappa shape index (κ1) is 32.6. The predicted molar refractivity (Wildman–Crippen MR) is 212 cm³/mol. The lowest BCUT2D eigenvalue weighted by molar-refractivity contribution is 1.06. The van der Waals surface area contributed by atoms with Crippen LogP contribution in [-0.4, -0.2) is 24.9 Å². The number of pyridine rings is 1.